The van der Waals surface area contributed by atoms with Crippen molar-refractivity contribution in [2.45, 2.75) is 26.4 Å². The van der Waals surface area contributed by atoms with Gasteiger partial charge in [-0.05, 0) is 37.6 Å². The molecule has 0 aliphatic heterocycles. The minimum Gasteiger partial charge on any atom is -0.486 e. The highest BCUT2D eigenvalue weighted by molar-refractivity contribution is 6.06. The summed E-state index contributed by atoms with van der Waals surface area (Å²) in [5.74, 6) is 1.58. The van der Waals surface area contributed by atoms with Crippen LogP contribution in [0.25, 0.3) is 11.0 Å². The van der Waals surface area contributed by atoms with Gasteiger partial charge < -0.3 is 14.5 Å². The lowest BCUT2D eigenvalue weighted by Crippen LogP contribution is -2.16. The van der Waals surface area contributed by atoms with E-state index >= 15 is 0 Å². The largest absolute Gasteiger partial charge is 0.486 e. The maximum Gasteiger partial charge on any atom is 0.257 e. The van der Waals surface area contributed by atoms with E-state index in [0.717, 1.165) is 17.6 Å². The number of carbonyl (C=O) groups is 1. The van der Waals surface area contributed by atoms with Gasteiger partial charge in [-0.15, -0.1) is 0 Å². The molecule has 4 aromatic rings. The van der Waals surface area contributed by atoms with Crippen LogP contribution < -0.4 is 10.1 Å². The number of hydrogen-bond donors (Lipinski definition) is 1. The highest BCUT2D eigenvalue weighted by Crippen LogP contribution is 2.32. The molecule has 1 amide bonds. The fourth-order valence-corrected chi connectivity index (χ4v) is 3.34. The number of anilines is 1. The number of amides is 1. The van der Waals surface area contributed by atoms with E-state index in [1.54, 1.807) is 36.1 Å². The molecule has 0 saturated heterocycles. The number of ether oxygens (including phenoxy) is 1. The number of carbonyl (C=O) groups excluding carboxylic acids is 1. The van der Waals surface area contributed by atoms with Crippen molar-refractivity contribution in [1.29, 1.82) is 0 Å². The Morgan fingerprint density at radius 3 is 2.72 bits per heavy atom. The first-order chi connectivity index (χ1) is 14.0. The van der Waals surface area contributed by atoms with E-state index in [2.05, 4.69) is 22.5 Å². The van der Waals surface area contributed by atoms with Crippen molar-refractivity contribution >= 4 is 22.7 Å². The van der Waals surface area contributed by atoms with Gasteiger partial charge in [-0.25, -0.2) is 0 Å². The summed E-state index contributed by atoms with van der Waals surface area (Å²) < 4.78 is 13.7. The van der Waals surface area contributed by atoms with Crippen molar-refractivity contribution in [3.05, 3.63) is 77.7 Å². The Morgan fingerprint density at radius 1 is 1.21 bits per heavy atom. The Kier molecular flexibility index (Phi) is 5.08. The summed E-state index contributed by atoms with van der Waals surface area (Å²) in [6, 6.07) is 17.3. The van der Waals surface area contributed by atoms with Crippen LogP contribution in [-0.2, 0) is 13.5 Å². The second kappa shape index (κ2) is 7.83. The number of rotatable bonds is 6. The maximum atomic E-state index is 12.8. The van der Waals surface area contributed by atoms with Gasteiger partial charge >= 0.3 is 0 Å². The molecule has 0 aliphatic rings. The second-order valence-electron chi connectivity index (χ2n) is 7.20. The minimum atomic E-state index is -0.245. The van der Waals surface area contributed by atoms with Gasteiger partial charge in [-0.1, -0.05) is 30.3 Å². The number of fused-ring (bicyclic) bond motifs is 1. The lowest BCUT2D eigenvalue weighted by molar-refractivity contribution is 0.102. The van der Waals surface area contributed by atoms with E-state index in [9.17, 15) is 4.79 Å². The van der Waals surface area contributed by atoms with Gasteiger partial charge in [-0.3, -0.25) is 9.48 Å². The number of aryl methyl sites for hydroxylation is 2. The predicted molar refractivity (Wildman–Crippen MR) is 112 cm³/mol. The van der Waals surface area contributed by atoms with Gasteiger partial charge in [0.2, 0.25) is 0 Å². The average Bonchev–Trinajstić information content (AvgIpc) is 3.26. The van der Waals surface area contributed by atoms with Crippen molar-refractivity contribution in [2.75, 3.05) is 5.32 Å². The molecule has 148 valence electrons. The van der Waals surface area contributed by atoms with Crippen molar-refractivity contribution in [3.63, 3.8) is 0 Å². The molecule has 2 heterocycles. The Hall–Kier alpha value is -3.54. The van der Waals surface area contributed by atoms with Crippen molar-refractivity contribution < 1.29 is 13.9 Å². The molecule has 1 N–H and O–H groups in total. The van der Waals surface area contributed by atoms with Crippen LogP contribution in [0.2, 0.25) is 0 Å². The molecule has 6 heteroatoms. The second-order valence-corrected chi connectivity index (χ2v) is 7.20. The van der Waals surface area contributed by atoms with Crippen LogP contribution in [0.15, 0.2) is 65.2 Å². The first-order valence-electron chi connectivity index (χ1n) is 9.54. The van der Waals surface area contributed by atoms with Crippen LogP contribution in [0.1, 0.15) is 28.6 Å². The summed E-state index contributed by atoms with van der Waals surface area (Å²) >= 11 is 0. The van der Waals surface area contributed by atoms with E-state index in [1.807, 2.05) is 38.1 Å². The Balaban J connectivity index is 1.60. The van der Waals surface area contributed by atoms with Gasteiger partial charge in [0.15, 0.2) is 17.2 Å². The van der Waals surface area contributed by atoms with Crippen molar-refractivity contribution in [2.24, 2.45) is 7.05 Å². The molecular formula is C23H23N3O3. The molecule has 0 unspecified atom stereocenters. The minimum absolute atomic E-state index is 0.0832. The molecule has 2 aromatic carbocycles. The summed E-state index contributed by atoms with van der Waals surface area (Å²) in [4.78, 5) is 12.8. The molecule has 0 radical (unpaired) electrons. The zero-order chi connectivity index (χ0) is 20.4. The van der Waals surface area contributed by atoms with Crippen LogP contribution in [0, 0.1) is 6.92 Å². The molecule has 29 heavy (non-hydrogen) atoms. The number of hydrogen-bond acceptors (Lipinski definition) is 4. The molecule has 0 fully saturated rings. The molecule has 2 aromatic heterocycles. The normalized spacial score (nSPS) is 12.1. The predicted octanol–water partition coefficient (Wildman–Crippen LogP) is 4.74. The van der Waals surface area contributed by atoms with Gasteiger partial charge in [-0.2, -0.15) is 5.10 Å². The fraction of sp³-hybridized carbons (Fsp3) is 0.217. The summed E-state index contributed by atoms with van der Waals surface area (Å²) in [6.07, 6.45) is 2.45. The topological polar surface area (TPSA) is 69.3 Å². The SMILES string of the molecule is Cc1cc2cc(C(=O)Nc3ccn(C)n3)cc(O[C@@H](C)Cc3ccccc3)c2o1. The molecule has 0 spiro atoms. The summed E-state index contributed by atoms with van der Waals surface area (Å²) in [5, 5.41) is 7.84. The van der Waals surface area contributed by atoms with Crippen LogP contribution >= 0.6 is 0 Å². The number of nitrogens with one attached hydrogen (secondary N) is 1. The van der Waals surface area contributed by atoms with E-state index in [-0.39, 0.29) is 12.0 Å². The van der Waals surface area contributed by atoms with Gasteiger partial charge in [0.25, 0.3) is 5.91 Å². The molecule has 4 rings (SSSR count). The molecule has 0 aliphatic carbocycles. The number of benzene rings is 2. The molecule has 1 atom stereocenters. The smallest absolute Gasteiger partial charge is 0.257 e. The van der Waals surface area contributed by atoms with Gasteiger partial charge in [0, 0.05) is 36.7 Å². The zero-order valence-electron chi connectivity index (χ0n) is 16.7. The average molecular weight is 389 g/mol. The van der Waals surface area contributed by atoms with E-state index in [1.165, 1.54) is 5.56 Å². The first-order valence-corrected chi connectivity index (χ1v) is 9.54. The van der Waals surface area contributed by atoms with Crippen LogP contribution in [0.3, 0.4) is 0 Å². The third kappa shape index (κ3) is 4.32. The van der Waals surface area contributed by atoms with Crippen LogP contribution in [-0.4, -0.2) is 21.8 Å². The third-order valence-corrected chi connectivity index (χ3v) is 4.62. The van der Waals surface area contributed by atoms with Crippen molar-refractivity contribution in [3.8, 4) is 5.75 Å². The first kappa shape index (κ1) is 18.8. The molecular weight excluding hydrogens is 366 g/mol. The molecule has 0 bridgehead atoms. The molecule has 6 nitrogen and oxygen atoms in total. The summed E-state index contributed by atoms with van der Waals surface area (Å²) in [7, 11) is 1.80. The van der Waals surface area contributed by atoms with E-state index < -0.39 is 0 Å². The monoisotopic (exact) mass is 389 g/mol. The standard InChI is InChI=1S/C23H23N3O3/c1-15(11-17-7-5-4-6-8-17)28-20-14-19(13-18-12-16(2)29-22(18)20)23(27)24-21-9-10-26(3)25-21/h4-10,12-15H,11H2,1-3H3,(H,24,25,27)/t15-/m0/s1. The zero-order valence-corrected chi connectivity index (χ0v) is 16.7. The Bertz CT molecular complexity index is 1140. The summed E-state index contributed by atoms with van der Waals surface area (Å²) in [6.45, 7) is 3.89. The number of furan rings is 1. The van der Waals surface area contributed by atoms with E-state index in [4.69, 9.17) is 9.15 Å². The number of aromatic nitrogens is 2. The van der Waals surface area contributed by atoms with Crippen LogP contribution in [0.4, 0.5) is 5.82 Å². The number of nitrogens with zero attached hydrogens (tertiary/aromatic N) is 2. The fourth-order valence-electron chi connectivity index (χ4n) is 3.34. The summed E-state index contributed by atoms with van der Waals surface area (Å²) in [5.41, 5.74) is 2.33. The van der Waals surface area contributed by atoms with Crippen molar-refractivity contribution in [1.82, 2.24) is 9.78 Å². The lowest BCUT2D eigenvalue weighted by atomic mass is 10.1. The highest BCUT2D eigenvalue weighted by Gasteiger charge is 2.17. The Morgan fingerprint density at radius 2 is 2.00 bits per heavy atom. The third-order valence-electron chi connectivity index (χ3n) is 4.62. The Labute approximate surface area is 169 Å². The molecule has 0 saturated carbocycles. The lowest BCUT2D eigenvalue weighted by Gasteiger charge is -2.16. The van der Waals surface area contributed by atoms with Crippen LogP contribution in [0.5, 0.6) is 5.75 Å². The quantitative estimate of drug-likeness (QED) is 0.517. The van der Waals surface area contributed by atoms with Gasteiger partial charge in [0.1, 0.15) is 11.9 Å². The van der Waals surface area contributed by atoms with Gasteiger partial charge in [0.05, 0.1) is 0 Å². The maximum absolute atomic E-state index is 12.8. The van der Waals surface area contributed by atoms with E-state index in [0.29, 0.717) is 22.7 Å². The highest BCUT2D eigenvalue weighted by atomic mass is 16.5.